The van der Waals surface area contributed by atoms with E-state index in [0.717, 1.165) is 29.3 Å². The Morgan fingerprint density at radius 3 is 2.46 bits per heavy atom. The number of hydrogen-bond donors (Lipinski definition) is 3. The van der Waals surface area contributed by atoms with Crippen LogP contribution in [0.3, 0.4) is 0 Å². The van der Waals surface area contributed by atoms with Gasteiger partial charge in [0.2, 0.25) is 0 Å². The van der Waals surface area contributed by atoms with Crippen molar-refractivity contribution in [1.29, 1.82) is 0 Å². The van der Waals surface area contributed by atoms with Gasteiger partial charge in [-0.1, -0.05) is 6.07 Å². The van der Waals surface area contributed by atoms with Crippen LogP contribution in [-0.2, 0) is 0 Å². The first-order valence-electron chi connectivity index (χ1n) is 9.17. The first-order chi connectivity index (χ1) is 13.5. The third-order valence-corrected chi connectivity index (χ3v) is 5.23. The Bertz CT molecular complexity index is 1020. The second-order valence-electron chi connectivity index (χ2n) is 7.03. The molecule has 1 aromatic heterocycles. The summed E-state index contributed by atoms with van der Waals surface area (Å²) in [5, 5.41) is 12.8. The molecule has 2 aromatic carbocycles. The van der Waals surface area contributed by atoms with E-state index in [0.29, 0.717) is 30.4 Å². The molecule has 0 bridgehead atoms. The minimum Gasteiger partial charge on any atom is -0.465 e. The standard InChI is InChI=1S/C21H20FN3O3/c22-16-2-4-17(5-3-16)23-20(26)19-12-15-11-14(1-6-18(15)24-19)13-7-9-25(10-8-13)21(27)28/h1-6,11-13,24H,7-10H2,(H,23,26)(H,27,28). The number of amides is 2. The second-order valence-corrected chi connectivity index (χ2v) is 7.03. The predicted octanol–water partition coefficient (Wildman–Crippen LogP) is 4.42. The normalized spacial score (nSPS) is 15.0. The maximum absolute atomic E-state index is 13.0. The molecule has 1 aliphatic rings. The van der Waals surface area contributed by atoms with Crippen LogP contribution in [0.25, 0.3) is 10.9 Å². The van der Waals surface area contributed by atoms with E-state index in [2.05, 4.69) is 16.4 Å². The highest BCUT2D eigenvalue weighted by molar-refractivity contribution is 6.05. The minimum absolute atomic E-state index is 0.292. The topological polar surface area (TPSA) is 85.4 Å². The van der Waals surface area contributed by atoms with Gasteiger partial charge < -0.3 is 20.3 Å². The number of anilines is 1. The number of likely N-dealkylation sites (tertiary alicyclic amines) is 1. The van der Waals surface area contributed by atoms with Gasteiger partial charge in [-0.25, -0.2) is 9.18 Å². The zero-order valence-corrected chi connectivity index (χ0v) is 15.1. The van der Waals surface area contributed by atoms with E-state index in [-0.39, 0.29) is 11.7 Å². The number of halogens is 1. The molecular formula is C21H20FN3O3. The van der Waals surface area contributed by atoms with Crippen LogP contribution in [0.4, 0.5) is 14.9 Å². The van der Waals surface area contributed by atoms with Gasteiger partial charge in [-0.2, -0.15) is 0 Å². The number of fused-ring (bicyclic) bond motifs is 1. The number of piperidine rings is 1. The average Bonchev–Trinajstić information content (AvgIpc) is 3.13. The molecule has 0 aliphatic carbocycles. The van der Waals surface area contributed by atoms with E-state index in [1.54, 1.807) is 6.07 Å². The summed E-state index contributed by atoms with van der Waals surface area (Å²) in [6.07, 6.45) is 0.719. The van der Waals surface area contributed by atoms with Gasteiger partial charge in [0, 0.05) is 29.7 Å². The number of carboxylic acid groups (broad SMARTS) is 1. The summed E-state index contributed by atoms with van der Waals surface area (Å²) in [6, 6.07) is 13.4. The van der Waals surface area contributed by atoms with Crippen molar-refractivity contribution >= 4 is 28.6 Å². The molecule has 2 amide bonds. The fourth-order valence-electron chi connectivity index (χ4n) is 3.66. The molecule has 1 saturated heterocycles. The highest BCUT2D eigenvalue weighted by Gasteiger charge is 2.23. The van der Waals surface area contributed by atoms with Gasteiger partial charge in [-0.05, 0) is 66.8 Å². The summed E-state index contributed by atoms with van der Waals surface area (Å²) in [6.45, 7) is 1.08. The largest absolute Gasteiger partial charge is 0.465 e. The smallest absolute Gasteiger partial charge is 0.407 e. The third-order valence-electron chi connectivity index (χ3n) is 5.23. The average molecular weight is 381 g/mol. The Kier molecular flexibility index (Phi) is 4.73. The van der Waals surface area contributed by atoms with E-state index in [9.17, 15) is 14.0 Å². The Labute approximate surface area is 161 Å². The van der Waals surface area contributed by atoms with E-state index in [1.807, 2.05) is 12.1 Å². The molecule has 0 saturated carbocycles. The number of rotatable bonds is 3. The number of H-pyrrole nitrogens is 1. The third kappa shape index (κ3) is 3.69. The number of nitrogens with zero attached hydrogens (tertiary/aromatic N) is 1. The van der Waals surface area contributed by atoms with Gasteiger partial charge in [0.05, 0.1) is 0 Å². The predicted molar refractivity (Wildman–Crippen MR) is 104 cm³/mol. The van der Waals surface area contributed by atoms with Gasteiger partial charge in [-0.15, -0.1) is 0 Å². The van der Waals surface area contributed by atoms with Crippen molar-refractivity contribution in [3.05, 3.63) is 65.6 Å². The molecule has 0 spiro atoms. The quantitative estimate of drug-likeness (QED) is 0.628. The number of nitrogens with one attached hydrogen (secondary N) is 2. The summed E-state index contributed by atoms with van der Waals surface area (Å²) in [4.78, 5) is 28.1. The molecule has 1 fully saturated rings. The van der Waals surface area contributed by atoms with Gasteiger partial charge in [-0.3, -0.25) is 4.79 Å². The van der Waals surface area contributed by atoms with Crippen molar-refractivity contribution in [2.45, 2.75) is 18.8 Å². The number of carbonyl (C=O) groups is 2. The van der Waals surface area contributed by atoms with Crippen LogP contribution < -0.4 is 5.32 Å². The van der Waals surface area contributed by atoms with Crippen molar-refractivity contribution < 1.29 is 19.1 Å². The van der Waals surface area contributed by atoms with Gasteiger partial charge >= 0.3 is 6.09 Å². The molecule has 28 heavy (non-hydrogen) atoms. The monoisotopic (exact) mass is 381 g/mol. The van der Waals surface area contributed by atoms with Crippen molar-refractivity contribution in [3.63, 3.8) is 0 Å². The minimum atomic E-state index is -0.864. The fourth-order valence-corrected chi connectivity index (χ4v) is 3.66. The molecule has 0 radical (unpaired) electrons. The number of aromatic amines is 1. The van der Waals surface area contributed by atoms with Crippen LogP contribution in [0.5, 0.6) is 0 Å². The Hall–Kier alpha value is -3.35. The first kappa shape index (κ1) is 18.0. The van der Waals surface area contributed by atoms with Crippen molar-refractivity contribution in [3.8, 4) is 0 Å². The molecule has 0 unspecified atom stereocenters. The number of hydrogen-bond acceptors (Lipinski definition) is 2. The Morgan fingerprint density at radius 1 is 1.07 bits per heavy atom. The molecule has 3 N–H and O–H groups in total. The van der Waals surface area contributed by atoms with E-state index < -0.39 is 6.09 Å². The van der Waals surface area contributed by atoms with Gasteiger partial charge in [0.15, 0.2) is 0 Å². The lowest BCUT2D eigenvalue weighted by atomic mass is 9.89. The zero-order chi connectivity index (χ0) is 19.7. The van der Waals surface area contributed by atoms with E-state index >= 15 is 0 Å². The van der Waals surface area contributed by atoms with Crippen LogP contribution in [0.15, 0.2) is 48.5 Å². The molecule has 6 nitrogen and oxygen atoms in total. The molecule has 144 valence electrons. The lowest BCUT2D eigenvalue weighted by Crippen LogP contribution is -2.36. The van der Waals surface area contributed by atoms with E-state index in [4.69, 9.17) is 5.11 Å². The molecule has 4 rings (SSSR count). The summed E-state index contributed by atoms with van der Waals surface area (Å²) in [5.74, 6) is -0.337. The summed E-state index contributed by atoms with van der Waals surface area (Å²) in [7, 11) is 0. The van der Waals surface area contributed by atoms with Crippen LogP contribution in [0.2, 0.25) is 0 Å². The van der Waals surface area contributed by atoms with E-state index in [1.165, 1.54) is 29.2 Å². The maximum atomic E-state index is 13.0. The molecule has 7 heteroatoms. The Balaban J connectivity index is 1.49. The molecular weight excluding hydrogens is 361 g/mol. The van der Waals surface area contributed by atoms with Gasteiger partial charge in [0.25, 0.3) is 5.91 Å². The second kappa shape index (κ2) is 7.34. The van der Waals surface area contributed by atoms with Crippen molar-refractivity contribution in [2.75, 3.05) is 18.4 Å². The maximum Gasteiger partial charge on any atom is 0.407 e. The van der Waals surface area contributed by atoms with Crippen LogP contribution >= 0.6 is 0 Å². The molecule has 3 aromatic rings. The summed E-state index contributed by atoms with van der Waals surface area (Å²) < 4.78 is 13.0. The highest BCUT2D eigenvalue weighted by atomic mass is 19.1. The van der Waals surface area contributed by atoms with Gasteiger partial charge in [0.1, 0.15) is 11.5 Å². The SMILES string of the molecule is O=C(Nc1ccc(F)cc1)c1cc2cc(C3CCN(C(=O)O)CC3)ccc2[nH]1. The van der Waals surface area contributed by atoms with Crippen molar-refractivity contribution in [2.24, 2.45) is 0 Å². The number of carbonyl (C=O) groups excluding carboxylic acids is 1. The van der Waals surface area contributed by atoms with Crippen LogP contribution in [0, 0.1) is 5.82 Å². The molecule has 0 atom stereocenters. The highest BCUT2D eigenvalue weighted by Crippen LogP contribution is 2.30. The fraction of sp³-hybridized carbons (Fsp3) is 0.238. The summed E-state index contributed by atoms with van der Waals surface area (Å²) >= 11 is 0. The Morgan fingerprint density at radius 2 is 1.79 bits per heavy atom. The molecule has 1 aliphatic heterocycles. The van der Waals surface area contributed by atoms with Crippen LogP contribution in [0.1, 0.15) is 34.8 Å². The molecule has 2 heterocycles. The zero-order valence-electron chi connectivity index (χ0n) is 15.1. The summed E-state index contributed by atoms with van der Waals surface area (Å²) in [5.41, 5.74) is 2.96. The number of benzene rings is 2. The number of aromatic nitrogens is 1. The lowest BCUT2D eigenvalue weighted by Gasteiger charge is -2.30. The van der Waals surface area contributed by atoms with Crippen LogP contribution in [-0.4, -0.2) is 40.1 Å². The lowest BCUT2D eigenvalue weighted by molar-refractivity contribution is 0.102. The first-order valence-corrected chi connectivity index (χ1v) is 9.17. The van der Waals surface area contributed by atoms with Crippen molar-refractivity contribution in [1.82, 2.24) is 9.88 Å².